The Morgan fingerprint density at radius 2 is 2.00 bits per heavy atom. The van der Waals surface area contributed by atoms with Crippen molar-refractivity contribution in [3.8, 4) is 5.75 Å². The molecule has 0 aromatic heterocycles. The largest absolute Gasteiger partial charge is 0.496 e. The first-order valence-corrected chi connectivity index (χ1v) is 8.55. The highest BCUT2D eigenvalue weighted by Crippen LogP contribution is 2.34. The molecular weight excluding hydrogens is 327 g/mol. The minimum atomic E-state index is -0.584. The number of halogens is 1. The van der Waals surface area contributed by atoms with E-state index >= 15 is 0 Å². The fourth-order valence-corrected chi connectivity index (χ4v) is 3.85. The second-order valence-corrected chi connectivity index (χ2v) is 6.58. The average Bonchev–Trinajstić information content (AvgIpc) is 3.11. The molecule has 2 atom stereocenters. The van der Waals surface area contributed by atoms with Crippen LogP contribution in [-0.2, 0) is 9.53 Å². The van der Waals surface area contributed by atoms with Gasteiger partial charge in [-0.25, -0.2) is 4.39 Å². The molecule has 25 heavy (non-hydrogen) atoms. The van der Waals surface area contributed by atoms with Crippen LogP contribution in [0, 0.1) is 17.7 Å². The Morgan fingerprint density at radius 3 is 2.64 bits per heavy atom. The van der Waals surface area contributed by atoms with Crippen LogP contribution >= 0.6 is 0 Å². The molecular formula is C18H23FN2O4. The summed E-state index contributed by atoms with van der Waals surface area (Å²) in [6.45, 7) is 1.53. The summed E-state index contributed by atoms with van der Waals surface area (Å²) in [5.74, 6) is -1.10. The zero-order valence-electron chi connectivity index (χ0n) is 14.2. The van der Waals surface area contributed by atoms with Crippen molar-refractivity contribution in [2.75, 3.05) is 26.8 Å². The smallest absolute Gasteiger partial charge is 0.260 e. The van der Waals surface area contributed by atoms with Gasteiger partial charge in [-0.05, 0) is 37.3 Å². The van der Waals surface area contributed by atoms with E-state index in [1.165, 1.54) is 19.2 Å². The van der Waals surface area contributed by atoms with E-state index < -0.39 is 5.82 Å². The maximum Gasteiger partial charge on any atom is 0.260 e. The molecule has 1 aromatic rings. The Bertz CT molecular complexity index is 658. The summed E-state index contributed by atoms with van der Waals surface area (Å²) in [5, 5.41) is 0. The highest BCUT2D eigenvalue weighted by atomic mass is 19.1. The first-order valence-electron chi connectivity index (χ1n) is 8.55. The molecule has 3 rings (SSSR count). The molecule has 2 heterocycles. The number of hydrogen-bond donors (Lipinski definition) is 1. The summed E-state index contributed by atoms with van der Waals surface area (Å²) in [5.41, 5.74) is 5.42. The van der Waals surface area contributed by atoms with Crippen molar-refractivity contribution < 1.29 is 23.5 Å². The van der Waals surface area contributed by atoms with Crippen LogP contribution < -0.4 is 10.5 Å². The number of nitrogens with zero attached hydrogens (tertiary/aromatic N) is 1. The number of amides is 2. The zero-order chi connectivity index (χ0) is 18.0. The number of methoxy groups -OCH3 is 1. The lowest BCUT2D eigenvalue weighted by molar-refractivity contribution is -0.124. The van der Waals surface area contributed by atoms with Gasteiger partial charge in [0.1, 0.15) is 17.1 Å². The number of piperidine rings is 1. The number of primary amides is 1. The number of hydrogen-bond acceptors (Lipinski definition) is 4. The van der Waals surface area contributed by atoms with Crippen LogP contribution in [0.15, 0.2) is 18.2 Å². The molecule has 7 heteroatoms. The van der Waals surface area contributed by atoms with Crippen LogP contribution in [-0.4, -0.2) is 49.6 Å². The van der Waals surface area contributed by atoms with E-state index in [2.05, 4.69) is 0 Å². The standard InChI is InChI=1S/C18H23FN2O4/c1-24-14-4-2-3-13(19)15(14)18(23)21-8-5-11(6-9-21)16-12(17(20)22)7-10-25-16/h2-4,11-12,16H,5-10H2,1H3,(H2,20,22)/t12-,16+/m0/s1. The number of benzene rings is 1. The Morgan fingerprint density at radius 1 is 1.28 bits per heavy atom. The summed E-state index contributed by atoms with van der Waals surface area (Å²) < 4.78 is 24.9. The molecule has 0 saturated carbocycles. The monoisotopic (exact) mass is 350 g/mol. The number of carbonyl (C=O) groups excluding carboxylic acids is 2. The van der Waals surface area contributed by atoms with Crippen LogP contribution in [0.25, 0.3) is 0 Å². The third kappa shape index (κ3) is 3.46. The summed E-state index contributed by atoms with van der Waals surface area (Å²) in [4.78, 5) is 25.9. The van der Waals surface area contributed by atoms with Gasteiger partial charge in [0, 0.05) is 19.7 Å². The lowest BCUT2D eigenvalue weighted by Crippen LogP contribution is -2.44. The van der Waals surface area contributed by atoms with Gasteiger partial charge in [-0.1, -0.05) is 6.07 Å². The Kier molecular flexibility index (Phi) is 5.22. The van der Waals surface area contributed by atoms with Gasteiger partial charge in [0.05, 0.1) is 19.1 Å². The van der Waals surface area contributed by atoms with Gasteiger partial charge in [0.25, 0.3) is 5.91 Å². The van der Waals surface area contributed by atoms with Crippen molar-refractivity contribution in [2.45, 2.75) is 25.4 Å². The molecule has 136 valence electrons. The van der Waals surface area contributed by atoms with E-state index in [4.69, 9.17) is 15.2 Å². The maximum absolute atomic E-state index is 14.1. The third-order valence-electron chi connectivity index (χ3n) is 5.20. The summed E-state index contributed by atoms with van der Waals surface area (Å²) in [6.07, 6.45) is 1.90. The van der Waals surface area contributed by atoms with Gasteiger partial charge in [-0.3, -0.25) is 9.59 Å². The molecule has 0 spiro atoms. The average molecular weight is 350 g/mol. The molecule has 2 N–H and O–H groups in total. The van der Waals surface area contributed by atoms with Gasteiger partial charge in [0.2, 0.25) is 5.91 Å². The topological polar surface area (TPSA) is 81.9 Å². The number of likely N-dealkylation sites (tertiary alicyclic amines) is 1. The zero-order valence-corrected chi connectivity index (χ0v) is 14.2. The van der Waals surface area contributed by atoms with Crippen molar-refractivity contribution in [1.82, 2.24) is 4.90 Å². The Hall–Kier alpha value is -2.15. The van der Waals surface area contributed by atoms with Crippen molar-refractivity contribution in [2.24, 2.45) is 17.6 Å². The summed E-state index contributed by atoms with van der Waals surface area (Å²) in [7, 11) is 1.42. The number of rotatable bonds is 4. The van der Waals surface area contributed by atoms with Crippen molar-refractivity contribution in [3.05, 3.63) is 29.6 Å². The van der Waals surface area contributed by atoms with E-state index in [9.17, 15) is 14.0 Å². The second-order valence-electron chi connectivity index (χ2n) is 6.58. The fraction of sp³-hybridized carbons (Fsp3) is 0.556. The van der Waals surface area contributed by atoms with Crippen LogP contribution in [0.4, 0.5) is 4.39 Å². The van der Waals surface area contributed by atoms with Crippen molar-refractivity contribution in [1.29, 1.82) is 0 Å². The molecule has 2 fully saturated rings. The van der Waals surface area contributed by atoms with E-state index in [0.717, 1.165) is 0 Å². The van der Waals surface area contributed by atoms with Gasteiger partial charge in [-0.15, -0.1) is 0 Å². The fourth-order valence-electron chi connectivity index (χ4n) is 3.85. The SMILES string of the molecule is COc1cccc(F)c1C(=O)N1CCC([C@H]2OCC[C@@H]2C(N)=O)CC1. The molecule has 2 amide bonds. The number of ether oxygens (including phenoxy) is 2. The molecule has 0 radical (unpaired) electrons. The molecule has 0 unspecified atom stereocenters. The van der Waals surface area contributed by atoms with Crippen LogP contribution in [0.3, 0.4) is 0 Å². The Labute approximate surface area is 146 Å². The molecule has 0 aliphatic carbocycles. The van der Waals surface area contributed by atoms with Crippen LogP contribution in [0.5, 0.6) is 5.75 Å². The molecule has 6 nitrogen and oxygen atoms in total. The van der Waals surface area contributed by atoms with E-state index in [0.29, 0.717) is 39.0 Å². The van der Waals surface area contributed by atoms with E-state index in [1.807, 2.05) is 0 Å². The lowest BCUT2D eigenvalue weighted by atomic mass is 9.84. The molecule has 0 bridgehead atoms. The normalized spacial score (nSPS) is 24.3. The van der Waals surface area contributed by atoms with Gasteiger partial charge < -0.3 is 20.1 Å². The minimum Gasteiger partial charge on any atom is -0.496 e. The highest BCUT2D eigenvalue weighted by Gasteiger charge is 2.40. The first kappa shape index (κ1) is 17.7. The minimum absolute atomic E-state index is 0.0319. The molecule has 2 saturated heterocycles. The molecule has 2 aliphatic rings. The lowest BCUT2D eigenvalue weighted by Gasteiger charge is -2.36. The summed E-state index contributed by atoms with van der Waals surface area (Å²) >= 11 is 0. The quantitative estimate of drug-likeness (QED) is 0.894. The predicted octanol–water partition coefficient (Wildman–Crippen LogP) is 1.58. The van der Waals surface area contributed by atoms with Crippen LogP contribution in [0.2, 0.25) is 0 Å². The third-order valence-corrected chi connectivity index (χ3v) is 5.20. The molecule has 2 aliphatic heterocycles. The van der Waals surface area contributed by atoms with E-state index in [-0.39, 0.29) is 41.1 Å². The maximum atomic E-state index is 14.1. The van der Waals surface area contributed by atoms with Crippen molar-refractivity contribution in [3.63, 3.8) is 0 Å². The van der Waals surface area contributed by atoms with Gasteiger partial charge >= 0.3 is 0 Å². The number of nitrogens with two attached hydrogens (primary N) is 1. The number of carbonyl (C=O) groups is 2. The first-order chi connectivity index (χ1) is 12.0. The second kappa shape index (κ2) is 7.39. The van der Waals surface area contributed by atoms with Crippen LogP contribution in [0.1, 0.15) is 29.6 Å². The van der Waals surface area contributed by atoms with Gasteiger partial charge in [-0.2, -0.15) is 0 Å². The van der Waals surface area contributed by atoms with Gasteiger partial charge in [0.15, 0.2) is 0 Å². The molecule has 1 aromatic carbocycles. The Balaban J connectivity index is 1.67. The van der Waals surface area contributed by atoms with E-state index in [1.54, 1.807) is 11.0 Å². The van der Waals surface area contributed by atoms with Crippen molar-refractivity contribution >= 4 is 11.8 Å². The predicted molar refractivity (Wildman–Crippen MR) is 88.6 cm³/mol. The highest BCUT2D eigenvalue weighted by molar-refractivity contribution is 5.97. The summed E-state index contributed by atoms with van der Waals surface area (Å²) in [6, 6.07) is 4.35.